The van der Waals surface area contributed by atoms with Crippen molar-refractivity contribution in [1.29, 1.82) is 0 Å². The third-order valence-electron chi connectivity index (χ3n) is 4.73. The summed E-state index contributed by atoms with van der Waals surface area (Å²) in [4.78, 5) is -1.04. The third-order valence-corrected chi connectivity index (χ3v) is 6.52. The molecule has 0 saturated heterocycles. The first-order chi connectivity index (χ1) is 15.0. The second-order valence-electron chi connectivity index (χ2n) is 6.73. The fraction of sp³-hybridized carbons (Fsp3) is 0. The van der Waals surface area contributed by atoms with Gasteiger partial charge in [0, 0.05) is 22.2 Å². The summed E-state index contributed by atoms with van der Waals surface area (Å²) in [5, 5.41) is 29.1. The van der Waals surface area contributed by atoms with Crippen LogP contribution >= 0.6 is 0 Å². The Hall–Kier alpha value is -3.58. The molecule has 10 nitrogen and oxygen atoms in total. The zero-order chi connectivity index (χ0) is 23.3. The maximum absolute atomic E-state index is 11.7. The van der Waals surface area contributed by atoms with Crippen molar-refractivity contribution in [3.63, 3.8) is 0 Å². The van der Waals surface area contributed by atoms with E-state index in [1.54, 1.807) is 6.07 Å². The number of azo groups is 1. The van der Waals surface area contributed by atoms with Crippen molar-refractivity contribution in [2.24, 2.45) is 10.2 Å². The summed E-state index contributed by atoms with van der Waals surface area (Å²) in [5.74, 6) is -1.17. The maximum atomic E-state index is 11.7. The highest BCUT2D eigenvalue weighted by Gasteiger charge is 2.21. The van der Waals surface area contributed by atoms with E-state index in [9.17, 15) is 36.2 Å². The van der Waals surface area contributed by atoms with E-state index in [1.807, 2.05) is 0 Å². The maximum Gasteiger partial charge on any atom is 0.295 e. The van der Waals surface area contributed by atoms with Gasteiger partial charge in [-0.1, -0.05) is 42.5 Å². The summed E-state index contributed by atoms with van der Waals surface area (Å²) < 4.78 is 65.6. The number of hydrogen-bond acceptors (Lipinski definition) is 8. The van der Waals surface area contributed by atoms with Gasteiger partial charge in [0.2, 0.25) is 0 Å². The average Bonchev–Trinajstić information content (AvgIpc) is 2.72. The molecule has 0 bridgehead atoms. The zero-order valence-electron chi connectivity index (χ0n) is 15.9. The number of rotatable bonds is 4. The van der Waals surface area contributed by atoms with Gasteiger partial charge in [-0.25, -0.2) is 0 Å². The molecule has 4 N–H and O–H groups in total. The predicted molar refractivity (Wildman–Crippen MR) is 115 cm³/mol. The molecule has 4 aromatic rings. The van der Waals surface area contributed by atoms with E-state index in [1.165, 1.54) is 42.5 Å². The van der Waals surface area contributed by atoms with Gasteiger partial charge in [-0.3, -0.25) is 9.11 Å². The number of benzene rings is 4. The molecule has 0 aliphatic rings. The highest BCUT2D eigenvalue weighted by atomic mass is 32.2. The molecule has 0 aliphatic heterocycles. The molecule has 0 saturated carbocycles. The van der Waals surface area contributed by atoms with Crippen LogP contribution in [0.3, 0.4) is 0 Å². The Labute approximate surface area is 181 Å². The molecule has 0 unspecified atom stereocenters. The van der Waals surface area contributed by atoms with Crippen molar-refractivity contribution in [1.82, 2.24) is 0 Å². The number of phenols is 2. The van der Waals surface area contributed by atoms with Crippen LogP contribution in [0.25, 0.3) is 21.5 Å². The van der Waals surface area contributed by atoms with E-state index >= 15 is 0 Å². The summed E-state index contributed by atoms with van der Waals surface area (Å²) in [5.41, 5.74) is -0.313. The third kappa shape index (κ3) is 3.76. The minimum absolute atomic E-state index is 0.0816. The van der Waals surface area contributed by atoms with E-state index in [0.717, 1.165) is 12.1 Å². The smallest absolute Gasteiger partial charge is 0.295 e. The highest BCUT2D eigenvalue weighted by Crippen LogP contribution is 2.42. The van der Waals surface area contributed by atoms with Gasteiger partial charge in [0.05, 0.1) is 0 Å². The van der Waals surface area contributed by atoms with Gasteiger partial charge in [0.25, 0.3) is 20.2 Å². The largest absolute Gasteiger partial charge is 0.506 e. The lowest BCUT2D eigenvalue weighted by Crippen LogP contribution is -1.99. The normalized spacial score (nSPS) is 12.7. The molecule has 0 heterocycles. The van der Waals surface area contributed by atoms with Crippen molar-refractivity contribution in [2.75, 3.05) is 0 Å². The van der Waals surface area contributed by atoms with E-state index in [2.05, 4.69) is 10.2 Å². The Kier molecular flexibility index (Phi) is 5.09. The fourth-order valence-corrected chi connectivity index (χ4v) is 4.79. The number of nitrogens with zero attached hydrogens (tertiary/aromatic N) is 2. The topological polar surface area (TPSA) is 174 Å². The standard InChI is InChI=1S/C20H14N2O8S2/c23-15-10-17(32(28,29)30)12-5-1-2-6-13(12)19(15)22-21-14-9-8-11-4-3-7-16(31(25,26)27)18(11)20(14)24/h1-10,23-24H,(H,25,26,27)(H,28,29,30). The Morgan fingerprint density at radius 2 is 1.34 bits per heavy atom. The molecule has 4 aromatic carbocycles. The van der Waals surface area contributed by atoms with Crippen LogP contribution in [0.4, 0.5) is 11.4 Å². The molecular formula is C20H14N2O8S2. The predicted octanol–water partition coefficient (Wildman–Crippen LogP) is 4.31. The zero-order valence-corrected chi connectivity index (χ0v) is 17.5. The van der Waals surface area contributed by atoms with E-state index in [-0.39, 0.29) is 27.5 Å². The van der Waals surface area contributed by atoms with Gasteiger partial charge in [-0.2, -0.15) is 16.8 Å². The van der Waals surface area contributed by atoms with Gasteiger partial charge in [0.1, 0.15) is 26.9 Å². The Balaban J connectivity index is 1.93. The molecule has 0 aliphatic carbocycles. The highest BCUT2D eigenvalue weighted by molar-refractivity contribution is 7.86. The fourth-order valence-electron chi connectivity index (χ4n) is 3.35. The monoisotopic (exact) mass is 474 g/mol. The SMILES string of the molecule is O=S(=O)(O)c1cc(O)c(N=Nc2ccc3cccc(S(=O)(=O)O)c3c2O)c2ccccc12. The number of hydrogen-bond donors (Lipinski definition) is 4. The molecule has 4 rings (SSSR count). The van der Waals surface area contributed by atoms with Crippen LogP contribution in [-0.4, -0.2) is 36.2 Å². The first-order valence-corrected chi connectivity index (χ1v) is 11.7. The number of phenolic OH excluding ortho intramolecular Hbond substituents is 2. The summed E-state index contributed by atoms with van der Waals surface area (Å²) in [6.45, 7) is 0. The molecule has 0 amide bonds. The van der Waals surface area contributed by atoms with Crippen LogP contribution in [0, 0.1) is 0 Å². The molecular weight excluding hydrogens is 460 g/mol. The van der Waals surface area contributed by atoms with Crippen molar-refractivity contribution in [3.05, 3.63) is 60.7 Å². The molecule has 0 aromatic heterocycles. The first kappa shape index (κ1) is 21.6. The summed E-state index contributed by atoms with van der Waals surface area (Å²) >= 11 is 0. The van der Waals surface area contributed by atoms with Crippen LogP contribution in [0.2, 0.25) is 0 Å². The summed E-state index contributed by atoms with van der Waals surface area (Å²) in [7, 11) is -9.28. The van der Waals surface area contributed by atoms with Crippen LogP contribution in [-0.2, 0) is 20.2 Å². The summed E-state index contributed by atoms with van der Waals surface area (Å²) in [6.07, 6.45) is 0. The van der Waals surface area contributed by atoms with Crippen molar-refractivity contribution < 1.29 is 36.2 Å². The Morgan fingerprint density at radius 3 is 2.00 bits per heavy atom. The Bertz CT molecular complexity index is 1650. The minimum atomic E-state index is -4.64. The Morgan fingerprint density at radius 1 is 0.688 bits per heavy atom. The lowest BCUT2D eigenvalue weighted by Gasteiger charge is -2.09. The molecule has 32 heavy (non-hydrogen) atoms. The molecule has 0 radical (unpaired) electrons. The van der Waals surface area contributed by atoms with Gasteiger partial charge >= 0.3 is 0 Å². The van der Waals surface area contributed by atoms with E-state index in [0.29, 0.717) is 5.39 Å². The quantitative estimate of drug-likeness (QED) is 0.250. The van der Waals surface area contributed by atoms with Crippen LogP contribution < -0.4 is 0 Å². The van der Waals surface area contributed by atoms with Gasteiger partial charge in [-0.05, 0) is 17.5 Å². The minimum Gasteiger partial charge on any atom is -0.506 e. The molecule has 12 heteroatoms. The van der Waals surface area contributed by atoms with Crippen molar-refractivity contribution >= 4 is 53.2 Å². The lowest BCUT2D eigenvalue weighted by atomic mass is 10.1. The second-order valence-corrected chi connectivity index (χ2v) is 9.51. The lowest BCUT2D eigenvalue weighted by molar-refractivity contribution is 0.468. The molecule has 0 fully saturated rings. The number of fused-ring (bicyclic) bond motifs is 2. The van der Waals surface area contributed by atoms with Gasteiger partial charge < -0.3 is 10.2 Å². The second kappa shape index (κ2) is 7.53. The molecule has 164 valence electrons. The molecule has 0 spiro atoms. The van der Waals surface area contributed by atoms with Crippen molar-refractivity contribution in [2.45, 2.75) is 9.79 Å². The van der Waals surface area contributed by atoms with Crippen LogP contribution in [0.15, 0.2) is 80.7 Å². The number of aromatic hydroxyl groups is 2. The van der Waals surface area contributed by atoms with Crippen LogP contribution in [0.5, 0.6) is 11.5 Å². The average molecular weight is 474 g/mol. The van der Waals surface area contributed by atoms with Crippen molar-refractivity contribution in [3.8, 4) is 11.5 Å². The van der Waals surface area contributed by atoms with E-state index < -0.39 is 41.5 Å². The van der Waals surface area contributed by atoms with Crippen LogP contribution in [0.1, 0.15) is 0 Å². The first-order valence-electron chi connectivity index (χ1n) is 8.84. The van der Waals surface area contributed by atoms with Gasteiger partial charge in [0.15, 0.2) is 5.75 Å². The van der Waals surface area contributed by atoms with E-state index in [4.69, 9.17) is 0 Å². The summed E-state index contributed by atoms with van der Waals surface area (Å²) in [6, 6.07) is 13.6. The molecule has 0 atom stereocenters. The van der Waals surface area contributed by atoms with Gasteiger partial charge in [-0.15, -0.1) is 10.2 Å².